The average molecular weight is 622 g/mol. The molecule has 1 amide bonds. The van der Waals surface area contributed by atoms with Crippen LogP contribution in [0.2, 0.25) is 0 Å². The molecule has 5 aliphatic heterocycles. The monoisotopic (exact) mass is 621 g/mol. The number of hydrogen-bond acceptors (Lipinski definition) is 9. The molecule has 8 nitrogen and oxygen atoms in total. The zero-order valence-corrected chi connectivity index (χ0v) is 26.7. The highest BCUT2D eigenvalue weighted by atomic mass is 32.2. The van der Waals surface area contributed by atoms with Crippen LogP contribution in [-0.2, 0) is 30.6 Å². The highest BCUT2D eigenvalue weighted by Crippen LogP contribution is 2.67. The van der Waals surface area contributed by atoms with Crippen molar-refractivity contribution in [2.75, 3.05) is 35.0 Å². The van der Waals surface area contributed by atoms with Crippen LogP contribution >= 0.6 is 23.5 Å². The van der Waals surface area contributed by atoms with Gasteiger partial charge < -0.3 is 29.7 Å². The predicted molar refractivity (Wildman–Crippen MR) is 169 cm³/mol. The van der Waals surface area contributed by atoms with E-state index >= 15 is 0 Å². The molecule has 0 spiro atoms. The van der Waals surface area contributed by atoms with E-state index in [4.69, 9.17) is 9.47 Å². The third-order valence-corrected chi connectivity index (χ3v) is 13.0. The Balaban J connectivity index is 1.37. The molecule has 9 atom stereocenters. The molecule has 10 heteroatoms. The van der Waals surface area contributed by atoms with Crippen LogP contribution in [0.15, 0.2) is 36.4 Å². The van der Waals surface area contributed by atoms with Crippen molar-refractivity contribution in [3.8, 4) is 0 Å². The zero-order valence-electron chi connectivity index (χ0n) is 25.0. The highest BCUT2D eigenvalue weighted by molar-refractivity contribution is 7.98. The highest BCUT2D eigenvalue weighted by Gasteiger charge is 2.76. The third-order valence-electron chi connectivity index (χ3n) is 11.1. The number of thioether (sulfide) groups is 2. The van der Waals surface area contributed by atoms with Gasteiger partial charge in [-0.3, -0.25) is 4.79 Å². The lowest BCUT2D eigenvalue weighted by atomic mass is 9.61. The van der Waals surface area contributed by atoms with Crippen LogP contribution in [0, 0.1) is 11.8 Å². The molecule has 1 saturated carbocycles. The topological polar surface area (TPSA) is 91.3 Å². The maximum absolute atomic E-state index is 13.8. The Morgan fingerprint density at radius 3 is 2.33 bits per heavy atom. The van der Waals surface area contributed by atoms with E-state index in [-0.39, 0.29) is 48.1 Å². The van der Waals surface area contributed by atoms with Gasteiger partial charge in [-0.05, 0) is 58.7 Å². The van der Waals surface area contributed by atoms with Gasteiger partial charge in [0.05, 0.1) is 25.1 Å². The van der Waals surface area contributed by atoms with Gasteiger partial charge in [0, 0.05) is 47.7 Å². The summed E-state index contributed by atoms with van der Waals surface area (Å²) in [6, 6.07) is 13.2. The second kappa shape index (κ2) is 9.80. The molecule has 1 aliphatic carbocycles. The molecule has 228 valence electrons. The average Bonchev–Trinajstić information content (AvgIpc) is 3.70. The minimum atomic E-state index is -1.88. The van der Waals surface area contributed by atoms with E-state index in [0.29, 0.717) is 6.54 Å². The molecule has 9 unspecified atom stereocenters. The van der Waals surface area contributed by atoms with Crippen molar-refractivity contribution in [3.63, 3.8) is 0 Å². The summed E-state index contributed by atoms with van der Waals surface area (Å²) < 4.78 is 12.2. The number of nitrogens with one attached hydrogen (secondary N) is 1. The van der Waals surface area contributed by atoms with Crippen molar-refractivity contribution in [3.05, 3.63) is 58.7 Å². The molecule has 6 aliphatic rings. The second-order valence-corrected chi connectivity index (χ2v) is 15.5. The maximum Gasteiger partial charge on any atom is 0.343 e. The Labute approximate surface area is 261 Å². The number of benzene rings is 2. The Hall–Kier alpha value is -2.40. The van der Waals surface area contributed by atoms with Gasteiger partial charge in [-0.2, -0.15) is 23.5 Å². The molecule has 4 fully saturated rings. The van der Waals surface area contributed by atoms with Crippen molar-refractivity contribution in [1.82, 2.24) is 5.32 Å². The van der Waals surface area contributed by atoms with E-state index < -0.39 is 23.5 Å². The smallest absolute Gasteiger partial charge is 0.343 e. The summed E-state index contributed by atoms with van der Waals surface area (Å²) in [6.45, 7) is 6.83. The van der Waals surface area contributed by atoms with Crippen LogP contribution in [0.25, 0.3) is 0 Å². The molecular weight excluding hydrogens is 583 g/mol. The van der Waals surface area contributed by atoms with E-state index in [1.165, 1.54) is 29.4 Å². The number of ether oxygens (including phenoxy) is 2. The molecule has 3 saturated heterocycles. The minimum absolute atomic E-state index is 0.0139. The number of nitrogens with zero attached hydrogens (tertiary/aromatic N) is 2. The molecule has 2 aromatic rings. The Kier molecular flexibility index (Phi) is 6.40. The Bertz CT molecular complexity index is 1520. The molecule has 5 heterocycles. The van der Waals surface area contributed by atoms with Gasteiger partial charge in [0.1, 0.15) is 6.23 Å². The second-order valence-electron chi connectivity index (χ2n) is 12.9. The minimum Gasteiger partial charge on any atom is -0.467 e. The molecule has 8 rings (SSSR count). The first-order valence-electron chi connectivity index (χ1n) is 15.5. The van der Waals surface area contributed by atoms with E-state index in [1.54, 1.807) is 0 Å². The van der Waals surface area contributed by atoms with Crippen LogP contribution in [0.1, 0.15) is 61.3 Å². The zero-order chi connectivity index (χ0) is 29.8. The number of carbonyl (C=O) groups excluding carboxylic acids is 2. The standard InChI is InChI=1S/C33H39N3O5S2/c1-5-42-15-17-7-9-22-19(11-17)26-27-21(14-34-30(27)37)25-20-12-18(16-43-6-2)8-10-23(20)36-29(25)28(26)35(22)24-13-33(39,31(38)40-4)32(36,3)41-24/h7-12,21,24-29,39H,5-6,13-16H2,1-4H3,(H,34,37). The SMILES string of the molecule is CCSCc1ccc2c(c1)C1C3C(=O)NCC3C3c4cc(CSCC)ccc4N4C3C1N2C1CC(O)(C(=O)OC)C4(C)O1. The first-order valence-corrected chi connectivity index (χ1v) is 17.8. The molecule has 0 radical (unpaired) electrons. The fraction of sp³-hybridized carbons (Fsp3) is 0.576. The number of fused-ring (bicyclic) bond motifs is 13. The summed E-state index contributed by atoms with van der Waals surface area (Å²) in [7, 11) is 1.33. The van der Waals surface area contributed by atoms with Crippen LogP contribution in [-0.4, -0.2) is 71.8 Å². The normalized spacial score (nSPS) is 37.4. The maximum atomic E-state index is 13.8. The third kappa shape index (κ3) is 3.55. The number of carbonyl (C=O) groups is 2. The number of hydrogen-bond donors (Lipinski definition) is 2. The summed E-state index contributed by atoms with van der Waals surface area (Å²) in [4.78, 5) is 31.8. The number of aliphatic hydroxyl groups is 1. The Morgan fingerprint density at radius 2 is 1.67 bits per heavy atom. The largest absolute Gasteiger partial charge is 0.467 e. The van der Waals surface area contributed by atoms with Crippen molar-refractivity contribution in [2.45, 2.75) is 80.2 Å². The van der Waals surface area contributed by atoms with Gasteiger partial charge in [-0.25, -0.2) is 4.79 Å². The number of esters is 1. The van der Waals surface area contributed by atoms with Crippen LogP contribution < -0.4 is 15.1 Å². The van der Waals surface area contributed by atoms with Gasteiger partial charge in [-0.1, -0.05) is 38.1 Å². The summed E-state index contributed by atoms with van der Waals surface area (Å²) in [5.74, 6) is 3.33. The van der Waals surface area contributed by atoms with E-state index in [0.717, 1.165) is 34.4 Å². The summed E-state index contributed by atoms with van der Waals surface area (Å²) in [6.07, 6.45) is -0.462. The van der Waals surface area contributed by atoms with Crippen LogP contribution in [0.5, 0.6) is 0 Å². The number of amides is 1. The fourth-order valence-electron chi connectivity index (χ4n) is 9.47. The summed E-state index contributed by atoms with van der Waals surface area (Å²) in [5, 5.41) is 15.6. The molecular formula is C33H39N3O5S2. The lowest BCUT2D eigenvalue weighted by Gasteiger charge is -2.53. The van der Waals surface area contributed by atoms with Crippen LogP contribution in [0.4, 0.5) is 11.4 Å². The molecule has 2 bridgehead atoms. The molecule has 2 N–H and O–H groups in total. The lowest BCUT2D eigenvalue weighted by Crippen LogP contribution is -2.70. The number of rotatable bonds is 7. The fourth-order valence-corrected chi connectivity index (χ4v) is 10.7. The molecule has 43 heavy (non-hydrogen) atoms. The Morgan fingerprint density at radius 1 is 1.02 bits per heavy atom. The van der Waals surface area contributed by atoms with Gasteiger partial charge in [0.15, 0.2) is 5.72 Å². The van der Waals surface area contributed by atoms with Crippen molar-refractivity contribution in [2.24, 2.45) is 11.8 Å². The predicted octanol–water partition coefficient (Wildman–Crippen LogP) is 4.19. The van der Waals surface area contributed by atoms with Crippen molar-refractivity contribution < 1.29 is 24.2 Å². The number of methoxy groups -OCH3 is 1. The first kappa shape index (κ1) is 28.1. The number of anilines is 2. The quantitative estimate of drug-likeness (QED) is 0.442. The van der Waals surface area contributed by atoms with Crippen molar-refractivity contribution >= 4 is 46.8 Å². The van der Waals surface area contributed by atoms with Gasteiger partial charge in [0.25, 0.3) is 0 Å². The van der Waals surface area contributed by atoms with E-state index in [1.807, 2.05) is 30.4 Å². The van der Waals surface area contributed by atoms with E-state index in [9.17, 15) is 14.7 Å². The first-order chi connectivity index (χ1) is 20.8. The molecule has 0 aromatic heterocycles. The van der Waals surface area contributed by atoms with Crippen LogP contribution in [0.3, 0.4) is 0 Å². The van der Waals surface area contributed by atoms with Crippen molar-refractivity contribution in [1.29, 1.82) is 0 Å². The van der Waals surface area contributed by atoms with Gasteiger partial charge >= 0.3 is 5.97 Å². The van der Waals surface area contributed by atoms with Gasteiger partial charge in [0.2, 0.25) is 11.5 Å². The molecule has 2 aromatic carbocycles. The summed E-state index contributed by atoms with van der Waals surface area (Å²) >= 11 is 3.78. The van der Waals surface area contributed by atoms with E-state index in [2.05, 4.69) is 65.4 Å². The van der Waals surface area contributed by atoms with Gasteiger partial charge in [-0.15, -0.1) is 0 Å². The lowest BCUT2D eigenvalue weighted by molar-refractivity contribution is -0.181. The summed E-state index contributed by atoms with van der Waals surface area (Å²) in [5.41, 5.74) is 3.71.